The maximum Gasteiger partial charge on any atom is 0.226 e. The third-order valence-electron chi connectivity index (χ3n) is 7.23. The molecular weight excluding hydrogens is 546 g/mol. The predicted octanol–water partition coefficient (Wildman–Crippen LogP) is -7.24. The number of aliphatic hydroxyl groups is 8. The van der Waals surface area contributed by atoms with Crippen LogP contribution in [0.3, 0.4) is 0 Å². The van der Waals surface area contributed by atoms with Gasteiger partial charge in [-0.25, -0.2) is 0 Å². The second-order valence-corrected chi connectivity index (χ2v) is 9.92. The van der Waals surface area contributed by atoms with Crippen molar-refractivity contribution >= 4 is 11.8 Å². The van der Waals surface area contributed by atoms with E-state index in [-0.39, 0.29) is 0 Å². The first-order chi connectivity index (χ1) is 18.8. The largest absolute Gasteiger partial charge is 0.394 e. The van der Waals surface area contributed by atoms with E-state index in [1.807, 2.05) is 0 Å². The zero-order chi connectivity index (χ0) is 30.0. The van der Waals surface area contributed by atoms with Crippen LogP contribution < -0.4 is 11.5 Å². The first-order valence-electron chi connectivity index (χ1n) is 12.6. The van der Waals surface area contributed by atoms with Gasteiger partial charge in [0.2, 0.25) is 11.8 Å². The fourth-order valence-electron chi connectivity index (χ4n) is 5.05. The molecule has 0 spiro atoms. The minimum Gasteiger partial charge on any atom is -0.394 e. The van der Waals surface area contributed by atoms with Gasteiger partial charge in [-0.2, -0.15) is 0 Å². The second kappa shape index (κ2) is 13.7. The second-order valence-electron chi connectivity index (χ2n) is 9.92. The van der Waals surface area contributed by atoms with E-state index < -0.39 is 124 Å². The van der Waals surface area contributed by atoms with Gasteiger partial charge in [0.15, 0.2) is 18.9 Å². The molecule has 40 heavy (non-hydrogen) atoms. The van der Waals surface area contributed by atoms with E-state index in [0.29, 0.717) is 4.90 Å². The van der Waals surface area contributed by atoms with Crippen molar-refractivity contribution in [1.82, 2.24) is 4.90 Å². The van der Waals surface area contributed by atoms with E-state index in [4.69, 9.17) is 35.2 Å². The van der Waals surface area contributed by atoms with E-state index in [2.05, 4.69) is 0 Å². The molecule has 12 N–H and O–H groups in total. The lowest BCUT2D eigenvalue weighted by Gasteiger charge is -2.50. The van der Waals surface area contributed by atoms with E-state index in [9.17, 15) is 50.4 Å². The van der Waals surface area contributed by atoms with Crippen molar-refractivity contribution < 1.29 is 74.1 Å². The Kier molecular flexibility index (Phi) is 11.3. The van der Waals surface area contributed by atoms with Crippen LogP contribution in [0.15, 0.2) is 0 Å². The number of nitrogens with two attached hydrogens (primary N) is 2. The van der Waals surface area contributed by atoms with Crippen molar-refractivity contribution in [2.75, 3.05) is 19.8 Å². The van der Waals surface area contributed by atoms with E-state index in [1.165, 1.54) is 0 Å². The van der Waals surface area contributed by atoms with E-state index >= 15 is 0 Å². The number of carbonyl (C=O) groups is 2. The molecule has 0 aliphatic carbocycles. The lowest BCUT2D eigenvalue weighted by Crippen LogP contribution is -2.71. The highest BCUT2D eigenvalue weighted by molar-refractivity contribution is 5.93. The lowest BCUT2D eigenvalue weighted by molar-refractivity contribution is -0.355. The molecule has 18 nitrogen and oxygen atoms in total. The molecule has 3 aliphatic heterocycles. The highest BCUT2D eigenvalue weighted by Gasteiger charge is 2.55. The average Bonchev–Trinajstić information content (AvgIpc) is 2.91. The summed E-state index contributed by atoms with van der Waals surface area (Å²) in [5.74, 6) is -1.71. The number of aliphatic hydroxyl groups excluding tert-OH is 8. The van der Waals surface area contributed by atoms with Crippen molar-refractivity contribution in [3.63, 3.8) is 0 Å². The number of amides is 2. The summed E-state index contributed by atoms with van der Waals surface area (Å²) < 4.78 is 27.9. The Morgan fingerprint density at radius 3 is 1.68 bits per heavy atom. The summed E-state index contributed by atoms with van der Waals surface area (Å²) in [6, 6.07) is -4.49. The Balaban J connectivity index is 1.95. The van der Waals surface area contributed by atoms with Crippen LogP contribution in [0.2, 0.25) is 0 Å². The maximum atomic E-state index is 12.5. The van der Waals surface area contributed by atoms with Crippen LogP contribution in [0.5, 0.6) is 0 Å². The Hall–Kier alpha value is -1.46. The Bertz CT molecular complexity index is 853. The van der Waals surface area contributed by atoms with Gasteiger partial charge in [-0.05, 0) is 0 Å². The van der Waals surface area contributed by atoms with Crippen molar-refractivity contribution in [2.24, 2.45) is 11.5 Å². The van der Waals surface area contributed by atoms with Crippen molar-refractivity contribution in [3.05, 3.63) is 0 Å². The molecule has 232 valence electrons. The van der Waals surface area contributed by atoms with Gasteiger partial charge in [-0.3, -0.25) is 14.5 Å². The molecule has 2 amide bonds. The summed E-state index contributed by atoms with van der Waals surface area (Å²) in [7, 11) is 0. The zero-order valence-corrected chi connectivity index (χ0v) is 21.8. The first-order valence-corrected chi connectivity index (χ1v) is 12.6. The molecule has 3 heterocycles. The molecule has 18 heteroatoms. The van der Waals surface area contributed by atoms with Crippen molar-refractivity contribution in [2.45, 2.75) is 106 Å². The molecule has 3 saturated heterocycles. The lowest BCUT2D eigenvalue weighted by atomic mass is 9.93. The molecule has 2 unspecified atom stereocenters. The molecule has 0 bridgehead atoms. The third kappa shape index (κ3) is 6.46. The summed E-state index contributed by atoms with van der Waals surface area (Å²) in [4.78, 5) is 25.6. The van der Waals surface area contributed by atoms with Crippen molar-refractivity contribution in [3.8, 4) is 0 Å². The van der Waals surface area contributed by atoms with E-state index in [0.717, 1.165) is 13.8 Å². The molecular formula is C22H39N3O15. The van der Waals surface area contributed by atoms with E-state index in [1.54, 1.807) is 0 Å². The van der Waals surface area contributed by atoms with Gasteiger partial charge in [0.05, 0.1) is 31.9 Å². The Morgan fingerprint density at radius 1 is 0.675 bits per heavy atom. The number of nitrogens with zero attached hydrogens (tertiary/aromatic N) is 1. The van der Waals surface area contributed by atoms with Gasteiger partial charge < -0.3 is 76.0 Å². The molecule has 0 aromatic carbocycles. The van der Waals surface area contributed by atoms with Crippen LogP contribution in [0, 0.1) is 0 Å². The topological polar surface area (TPSA) is 297 Å². The Labute approximate surface area is 228 Å². The quantitative estimate of drug-likeness (QED) is 0.126. The summed E-state index contributed by atoms with van der Waals surface area (Å²) >= 11 is 0. The fourth-order valence-corrected chi connectivity index (χ4v) is 5.05. The zero-order valence-electron chi connectivity index (χ0n) is 21.8. The summed E-state index contributed by atoms with van der Waals surface area (Å²) in [5.41, 5.74) is 11.7. The smallest absolute Gasteiger partial charge is 0.226 e. The van der Waals surface area contributed by atoms with Crippen LogP contribution in [0.1, 0.15) is 13.8 Å². The van der Waals surface area contributed by atoms with Gasteiger partial charge in [0.1, 0.15) is 61.0 Å². The summed E-state index contributed by atoms with van der Waals surface area (Å²) in [6.07, 6.45) is -19.0. The van der Waals surface area contributed by atoms with Crippen molar-refractivity contribution in [1.29, 1.82) is 0 Å². The van der Waals surface area contributed by atoms with Crippen LogP contribution in [0.4, 0.5) is 0 Å². The molecule has 15 atom stereocenters. The van der Waals surface area contributed by atoms with Crippen LogP contribution in [-0.4, -0.2) is 169 Å². The standard InChI is InChI=1S/C22H39N3O15/c1-6(29)25(7(2)30)13-17(34)19(39-21-12(24)15(32)14(31)8(3-26)37-21)10(5-28)38-22(13)40-18-9(4-27)36-20(35)11(23)16(18)33/h8-22,26-28,31-35H,3-5,23-24H2,1-2H3/t8-,9-,10-,11-,12-,13-,14-,15-,16-,17-,18?,19?,20-,21+,22+/m1/s1. The van der Waals surface area contributed by atoms with Gasteiger partial charge in [0.25, 0.3) is 0 Å². The number of imide groups is 1. The normalized spacial score (nSPS) is 46.1. The first kappa shape index (κ1) is 33.0. The fraction of sp³-hybridized carbons (Fsp3) is 0.909. The minimum absolute atomic E-state index is 0.592. The summed E-state index contributed by atoms with van der Waals surface area (Å²) in [6.45, 7) is -0.292. The monoisotopic (exact) mass is 585 g/mol. The minimum atomic E-state index is -1.88. The number of carbonyl (C=O) groups excluding carboxylic acids is 2. The molecule has 0 aromatic heterocycles. The van der Waals surface area contributed by atoms with Crippen LogP contribution in [0.25, 0.3) is 0 Å². The molecule has 3 fully saturated rings. The van der Waals surface area contributed by atoms with Gasteiger partial charge in [-0.15, -0.1) is 0 Å². The Morgan fingerprint density at radius 2 is 1.15 bits per heavy atom. The van der Waals surface area contributed by atoms with Crippen LogP contribution >= 0.6 is 0 Å². The highest BCUT2D eigenvalue weighted by Crippen LogP contribution is 2.34. The number of ether oxygens (including phenoxy) is 5. The van der Waals surface area contributed by atoms with Gasteiger partial charge in [0, 0.05) is 13.8 Å². The molecule has 0 aromatic rings. The predicted molar refractivity (Wildman–Crippen MR) is 126 cm³/mol. The molecule has 3 rings (SSSR count). The van der Waals surface area contributed by atoms with Gasteiger partial charge in [-0.1, -0.05) is 0 Å². The number of hydrogen-bond acceptors (Lipinski definition) is 17. The third-order valence-corrected chi connectivity index (χ3v) is 7.23. The maximum absolute atomic E-state index is 12.5. The molecule has 3 aliphatic rings. The highest BCUT2D eigenvalue weighted by atomic mass is 16.7. The van der Waals surface area contributed by atoms with Crippen LogP contribution in [-0.2, 0) is 33.3 Å². The molecule has 0 saturated carbocycles. The summed E-state index contributed by atoms with van der Waals surface area (Å²) in [5, 5.41) is 81.6. The average molecular weight is 586 g/mol. The number of rotatable bonds is 8. The molecule has 0 radical (unpaired) electrons. The van der Waals surface area contributed by atoms with Gasteiger partial charge >= 0.3 is 0 Å². The SMILES string of the molecule is CC(=O)N(C(C)=O)[C@H]1[C@H](OC2[C@@H](CO)O[C@@H](O)[C@H](N)[C@H]2O)O[C@H](CO)C(O[C@@H]2O[C@H](CO)[C@@H](O)[C@H](O)[C@H]2N)[C@@H]1O. The number of hydrogen-bond donors (Lipinski definition) is 10.